The molecule has 0 radical (unpaired) electrons. The van der Waals surface area contributed by atoms with Crippen LogP contribution >= 0.6 is 0 Å². The number of ether oxygens (including phenoxy) is 2. The highest BCUT2D eigenvalue weighted by atomic mass is 16.7. The second-order valence-corrected chi connectivity index (χ2v) is 7.41. The maximum Gasteiger partial charge on any atom is 0.311 e. The molecule has 2 amide bonds. The molecule has 0 bridgehead atoms. The van der Waals surface area contributed by atoms with Crippen molar-refractivity contribution in [1.29, 1.82) is 0 Å². The largest absolute Gasteiger partial charge is 0.469 e. The van der Waals surface area contributed by atoms with E-state index in [9.17, 15) is 14.4 Å². The molecule has 3 rings (SSSR count). The van der Waals surface area contributed by atoms with Gasteiger partial charge in [-0.25, -0.2) is 5.06 Å². The Kier molecular flexibility index (Phi) is 6.75. The van der Waals surface area contributed by atoms with Gasteiger partial charge in [0, 0.05) is 37.7 Å². The standard InChI is InChI=1S/C22H26N2O6/c1-4-16-6-5-7-17(14-16)20(26)23-10-8-22(9-11-23)18(21(27)29-3)15-19(25)24(22)30-13-12-28-2/h1,5-7,14,18H,8-13,15H2,2-3H3. The van der Waals surface area contributed by atoms with Gasteiger partial charge in [0.05, 0.1) is 31.8 Å². The Labute approximate surface area is 176 Å². The third-order valence-electron chi connectivity index (χ3n) is 5.84. The lowest BCUT2D eigenvalue weighted by Gasteiger charge is -2.45. The Balaban J connectivity index is 1.78. The SMILES string of the molecule is C#Cc1cccc(C(=O)N2CCC3(CC2)C(C(=O)OC)CC(=O)N3OCCOC)c1. The molecule has 2 fully saturated rings. The van der Waals surface area contributed by atoms with E-state index in [1.165, 1.54) is 12.2 Å². The van der Waals surface area contributed by atoms with Crippen molar-refractivity contribution in [2.45, 2.75) is 24.8 Å². The normalized spacial score (nSPS) is 20.3. The molecule has 2 heterocycles. The summed E-state index contributed by atoms with van der Waals surface area (Å²) in [6, 6.07) is 6.93. The monoisotopic (exact) mass is 414 g/mol. The van der Waals surface area contributed by atoms with Gasteiger partial charge in [0.2, 0.25) is 5.91 Å². The predicted molar refractivity (Wildman–Crippen MR) is 107 cm³/mol. The van der Waals surface area contributed by atoms with Gasteiger partial charge in [-0.3, -0.25) is 19.2 Å². The molecule has 2 aliphatic heterocycles. The Bertz CT molecular complexity index is 853. The third kappa shape index (κ3) is 4.04. The van der Waals surface area contributed by atoms with E-state index in [0.717, 1.165) is 0 Å². The van der Waals surface area contributed by atoms with E-state index < -0.39 is 17.4 Å². The fourth-order valence-corrected chi connectivity index (χ4v) is 4.27. The van der Waals surface area contributed by atoms with Crippen LogP contribution in [-0.4, -0.2) is 73.8 Å². The lowest BCUT2D eigenvalue weighted by Crippen LogP contribution is -2.58. The summed E-state index contributed by atoms with van der Waals surface area (Å²) in [6.45, 7) is 1.27. The van der Waals surface area contributed by atoms with Crippen LogP contribution in [0.4, 0.5) is 0 Å². The van der Waals surface area contributed by atoms with Crippen molar-refractivity contribution in [2.24, 2.45) is 5.92 Å². The zero-order valence-electron chi connectivity index (χ0n) is 17.3. The molecule has 0 N–H and O–H groups in total. The predicted octanol–water partition coefficient (Wildman–Crippen LogP) is 1.24. The number of rotatable bonds is 6. The molecule has 1 aromatic carbocycles. The van der Waals surface area contributed by atoms with Gasteiger partial charge < -0.3 is 14.4 Å². The Hall–Kier alpha value is -2.89. The molecule has 30 heavy (non-hydrogen) atoms. The molecular weight excluding hydrogens is 388 g/mol. The molecule has 0 aliphatic carbocycles. The smallest absolute Gasteiger partial charge is 0.311 e. The molecule has 1 unspecified atom stereocenters. The first-order valence-electron chi connectivity index (χ1n) is 9.85. The minimum absolute atomic E-state index is 0.0256. The number of likely N-dealkylation sites (tertiary alicyclic amines) is 1. The number of benzene rings is 1. The number of methoxy groups -OCH3 is 2. The van der Waals surface area contributed by atoms with Crippen LogP contribution in [0.25, 0.3) is 0 Å². The molecule has 2 aliphatic rings. The number of piperidine rings is 1. The number of carbonyl (C=O) groups excluding carboxylic acids is 3. The van der Waals surface area contributed by atoms with Gasteiger partial charge in [-0.1, -0.05) is 12.0 Å². The van der Waals surface area contributed by atoms with Crippen LogP contribution in [-0.2, 0) is 23.9 Å². The number of carbonyl (C=O) groups is 3. The van der Waals surface area contributed by atoms with Crippen molar-refractivity contribution >= 4 is 17.8 Å². The number of amides is 2. The topological polar surface area (TPSA) is 85.4 Å². The number of terminal acetylenes is 1. The van der Waals surface area contributed by atoms with E-state index in [1.54, 1.807) is 36.3 Å². The Morgan fingerprint density at radius 1 is 1.23 bits per heavy atom. The second kappa shape index (κ2) is 9.28. The van der Waals surface area contributed by atoms with E-state index in [1.807, 2.05) is 0 Å². The number of hydrogen-bond donors (Lipinski definition) is 0. The zero-order chi connectivity index (χ0) is 21.7. The first kappa shape index (κ1) is 21.8. The zero-order valence-corrected chi connectivity index (χ0v) is 17.3. The minimum Gasteiger partial charge on any atom is -0.469 e. The summed E-state index contributed by atoms with van der Waals surface area (Å²) in [5, 5.41) is 1.33. The molecule has 2 saturated heterocycles. The maximum atomic E-state index is 12.9. The van der Waals surface area contributed by atoms with Crippen LogP contribution in [0, 0.1) is 18.3 Å². The molecule has 1 aromatic rings. The number of hydrogen-bond acceptors (Lipinski definition) is 6. The van der Waals surface area contributed by atoms with E-state index in [0.29, 0.717) is 43.7 Å². The summed E-state index contributed by atoms with van der Waals surface area (Å²) >= 11 is 0. The van der Waals surface area contributed by atoms with Crippen molar-refractivity contribution in [3.8, 4) is 12.3 Å². The van der Waals surface area contributed by atoms with Gasteiger partial charge in [-0.2, -0.15) is 0 Å². The van der Waals surface area contributed by atoms with Gasteiger partial charge in [-0.15, -0.1) is 6.42 Å². The summed E-state index contributed by atoms with van der Waals surface area (Å²) in [4.78, 5) is 45.4. The fourth-order valence-electron chi connectivity index (χ4n) is 4.27. The van der Waals surface area contributed by atoms with Crippen LogP contribution in [0.5, 0.6) is 0 Å². The van der Waals surface area contributed by atoms with Gasteiger partial charge in [0.15, 0.2) is 0 Å². The minimum atomic E-state index is -0.838. The van der Waals surface area contributed by atoms with Crippen LogP contribution in [0.3, 0.4) is 0 Å². The molecule has 1 spiro atoms. The highest BCUT2D eigenvalue weighted by molar-refractivity contribution is 5.95. The highest BCUT2D eigenvalue weighted by Gasteiger charge is 2.58. The van der Waals surface area contributed by atoms with Gasteiger partial charge >= 0.3 is 5.97 Å². The summed E-state index contributed by atoms with van der Waals surface area (Å²) in [7, 11) is 2.85. The summed E-state index contributed by atoms with van der Waals surface area (Å²) < 4.78 is 9.96. The van der Waals surface area contributed by atoms with Crippen LogP contribution in [0.1, 0.15) is 35.2 Å². The second-order valence-electron chi connectivity index (χ2n) is 7.41. The molecule has 8 heteroatoms. The summed E-state index contributed by atoms with van der Waals surface area (Å²) in [5.41, 5.74) is 0.316. The van der Waals surface area contributed by atoms with E-state index in [4.69, 9.17) is 20.7 Å². The Morgan fingerprint density at radius 3 is 2.60 bits per heavy atom. The van der Waals surface area contributed by atoms with Crippen LogP contribution in [0.15, 0.2) is 24.3 Å². The summed E-state index contributed by atoms with van der Waals surface area (Å²) in [5.74, 6) is 1.06. The van der Waals surface area contributed by atoms with Crippen molar-refractivity contribution in [1.82, 2.24) is 9.96 Å². The molecule has 0 aromatic heterocycles. The van der Waals surface area contributed by atoms with Gasteiger partial charge in [0.1, 0.15) is 0 Å². The van der Waals surface area contributed by atoms with E-state index in [-0.39, 0.29) is 24.8 Å². The van der Waals surface area contributed by atoms with E-state index >= 15 is 0 Å². The molecular formula is C22H26N2O6. The quantitative estimate of drug-likeness (QED) is 0.396. The van der Waals surface area contributed by atoms with Crippen LogP contribution in [0.2, 0.25) is 0 Å². The van der Waals surface area contributed by atoms with Gasteiger partial charge in [-0.05, 0) is 31.0 Å². The lowest BCUT2D eigenvalue weighted by molar-refractivity contribution is -0.226. The van der Waals surface area contributed by atoms with Crippen LogP contribution < -0.4 is 0 Å². The molecule has 1 atom stereocenters. The summed E-state index contributed by atoms with van der Waals surface area (Å²) in [6.07, 6.45) is 6.28. The highest BCUT2D eigenvalue weighted by Crippen LogP contribution is 2.44. The average Bonchev–Trinajstić information content (AvgIpc) is 3.04. The molecule has 8 nitrogen and oxygen atoms in total. The number of hydroxylamine groups is 2. The fraction of sp³-hybridized carbons (Fsp3) is 0.500. The Morgan fingerprint density at radius 2 is 1.97 bits per heavy atom. The first-order valence-corrected chi connectivity index (χ1v) is 9.85. The van der Waals surface area contributed by atoms with Gasteiger partial charge in [0.25, 0.3) is 5.91 Å². The number of esters is 1. The maximum absolute atomic E-state index is 12.9. The third-order valence-corrected chi connectivity index (χ3v) is 5.84. The number of nitrogens with zero attached hydrogens (tertiary/aromatic N) is 2. The molecule has 0 saturated carbocycles. The van der Waals surface area contributed by atoms with Crippen molar-refractivity contribution in [2.75, 3.05) is 40.5 Å². The average molecular weight is 414 g/mol. The first-order chi connectivity index (χ1) is 14.5. The van der Waals surface area contributed by atoms with Crippen molar-refractivity contribution in [3.63, 3.8) is 0 Å². The lowest BCUT2D eigenvalue weighted by atomic mass is 9.77. The van der Waals surface area contributed by atoms with Crippen molar-refractivity contribution < 1.29 is 28.7 Å². The molecule has 160 valence electrons. The van der Waals surface area contributed by atoms with E-state index in [2.05, 4.69) is 5.92 Å². The van der Waals surface area contributed by atoms with Crippen molar-refractivity contribution in [3.05, 3.63) is 35.4 Å².